The lowest BCUT2D eigenvalue weighted by atomic mass is 9.94. The molecule has 146 heavy (non-hydrogen) atoms. The molecule has 20 rings (SSSR count). The molecule has 742 valence electrons. The van der Waals surface area contributed by atoms with Crippen LogP contribution in [0.1, 0.15) is 27.7 Å². The molecule has 3 aliphatic heterocycles. The van der Waals surface area contributed by atoms with Crippen LogP contribution in [0.15, 0.2) is 330 Å². The van der Waals surface area contributed by atoms with Crippen LogP contribution in [0.3, 0.4) is 0 Å². The smallest absolute Gasteiger partial charge is 0.358 e. The molecule has 17 aromatic rings. The summed E-state index contributed by atoms with van der Waals surface area (Å²) in [6.45, 7) is -4.29. The normalized spacial score (nSPS) is 14.3. The minimum absolute atomic E-state index is 0.00954. The second kappa shape index (κ2) is 40.9. The number of aliphatic hydroxyl groups excluding tert-OH is 6. The maximum atomic E-state index is 11.9. The summed E-state index contributed by atoms with van der Waals surface area (Å²) in [4.78, 5) is 0. The van der Waals surface area contributed by atoms with Gasteiger partial charge in [-0.05, 0) is 44.0 Å². The molecule has 3 aliphatic rings. The predicted molar refractivity (Wildman–Crippen MR) is 513 cm³/mol. The van der Waals surface area contributed by atoms with Crippen LogP contribution >= 0.6 is 0 Å². The molecule has 0 fully saturated rings. The van der Waals surface area contributed by atoms with Gasteiger partial charge < -0.3 is 173 Å². The van der Waals surface area contributed by atoms with Crippen LogP contribution in [0.25, 0.3) is 67.0 Å². The molecule has 0 saturated carbocycles. The van der Waals surface area contributed by atoms with Gasteiger partial charge in [0.15, 0.2) is 0 Å². The SMILES string of the molecule is CC(C)C(C)(C)Oc1cc(O)cc(Oc2cc(O)cc(Oc3cc4cc(c3)Oc3cc(cc(OC(O)OCO)c3)Oc3cc(cc(Oc5cc6cc(c5)OC(O)OC(O)Oc5cc7cc(c5)oc5cc(cc(c5)oc5cc8cc(c5)oc5cc(cc(c5)oc5cc(OC(O)O)cc(c5)oc5cc(O)cc(c5)o7)Oc5cccc(c5)Oc5cc(O)cc(c5)Oc5cc(O)cc(c5)Oc5cccc(c5)OC(O)O8)O6)c3)O4)c2)c1. The Labute approximate surface area is 822 Å². The fraction of sp³-hybridized carbons (Fsp3) is 0.111. The van der Waals surface area contributed by atoms with E-state index in [0.29, 0.717) is 5.75 Å². The van der Waals surface area contributed by atoms with Gasteiger partial charge >= 0.3 is 32.4 Å². The molecule has 16 aromatic carbocycles. The topological polar surface area (TPSA) is 506 Å². The number of phenolic OH excluding ortho intramolecular Hbond substituents is 5. The van der Waals surface area contributed by atoms with E-state index < -0.39 is 50.5 Å². The lowest BCUT2D eigenvalue weighted by molar-refractivity contribution is -0.334. The number of hydrogen-bond donors (Lipinski definition) is 12. The van der Waals surface area contributed by atoms with Gasteiger partial charge in [0.1, 0.15) is 275 Å². The zero-order valence-corrected chi connectivity index (χ0v) is 76.5. The van der Waals surface area contributed by atoms with E-state index in [1.165, 1.54) is 267 Å². The molecule has 12 N–H and O–H groups in total. The van der Waals surface area contributed by atoms with Gasteiger partial charge in [0.05, 0.1) is 0 Å². The second-order valence-corrected chi connectivity index (χ2v) is 33.3. The minimum atomic E-state index is -2.37. The molecule has 38 heteroatoms. The van der Waals surface area contributed by atoms with E-state index in [2.05, 4.69) is 0 Å². The number of fused-ring (bicyclic) bond motifs is 28. The highest BCUT2D eigenvalue weighted by atomic mass is 16.9. The van der Waals surface area contributed by atoms with Crippen molar-refractivity contribution in [1.82, 2.24) is 0 Å². The van der Waals surface area contributed by atoms with E-state index in [1.54, 1.807) is 36.4 Å². The Morgan fingerprint density at radius 1 is 0.253 bits per heavy atom. The number of phenols is 5. The van der Waals surface area contributed by atoms with Crippen molar-refractivity contribution in [1.29, 1.82) is 0 Å². The van der Waals surface area contributed by atoms with Crippen molar-refractivity contribution in [2.45, 2.75) is 65.7 Å². The molecule has 4 unspecified atom stereocenters. The molecule has 0 aliphatic carbocycles. The molecule has 0 radical (unpaired) electrons. The summed E-state index contributed by atoms with van der Waals surface area (Å²) in [5, 5.41) is 131. The third-order valence-corrected chi connectivity index (χ3v) is 21.3. The molecule has 0 spiro atoms. The monoisotopic (exact) mass is 1990 g/mol. The molecule has 32 bridgehead atoms. The van der Waals surface area contributed by atoms with Crippen LogP contribution in [0.5, 0.6) is 195 Å². The third kappa shape index (κ3) is 24.8. The van der Waals surface area contributed by atoms with E-state index in [4.69, 9.17) is 121 Å². The van der Waals surface area contributed by atoms with Crippen LogP contribution in [-0.2, 0) is 9.47 Å². The molecule has 4 atom stereocenters. The lowest BCUT2D eigenvalue weighted by Crippen LogP contribution is -2.34. The summed E-state index contributed by atoms with van der Waals surface area (Å²) in [7, 11) is 0. The number of benzene rings is 16. The van der Waals surface area contributed by atoms with Gasteiger partial charge in [-0.3, -0.25) is 9.47 Å². The van der Waals surface area contributed by atoms with E-state index in [-0.39, 0.29) is 257 Å². The summed E-state index contributed by atoms with van der Waals surface area (Å²) in [6, 6.07) is 71.2. The second-order valence-electron chi connectivity index (χ2n) is 33.3. The average Bonchev–Trinajstić information content (AvgIpc) is 0.812. The standard InChI is InChI=1S/C108H82O38/c1-56(2)108(3,4)146-102-20-61(114)19-74(54-102)126-70-15-59(112)16-71(25-70)127-76-29-79-32-80(30-76)133-90-41-91(47-98(46-90)141-104(117)121-55-109)134-82-33-81(130-79)34-83(35-82)137-95-43-96-53-101(52-95)144-107(120)145-106(119)143-100-48-89-40-92(51-100)135-84-36-85(38-86(37-84)138-96)136-94-42-93-49-99(50-94)142-105(118)140-65-10-6-9-64(22-65)123-67-12-58(111)14-69(24-67)125-68-13-57(110)11-66(23-68)122-62-7-5-8-63(21-62)124-75-27-77(31-78(28-75)132-93)131-88-39-87(44-97(45-88)139-103(115)116)128-72-17-60(113)18-73(26-72)129-89/h5-54,56,103-107,109-120H,55H2,1-4H3. The van der Waals surface area contributed by atoms with E-state index in [9.17, 15) is 61.3 Å². The lowest BCUT2D eigenvalue weighted by Gasteiger charge is -2.30. The van der Waals surface area contributed by atoms with Gasteiger partial charge in [-0.2, -0.15) is 0 Å². The predicted octanol–water partition coefficient (Wildman–Crippen LogP) is 24.2. The summed E-state index contributed by atoms with van der Waals surface area (Å²) in [6.07, 6.45) is 0. The first-order valence-corrected chi connectivity index (χ1v) is 44.3. The maximum Gasteiger partial charge on any atom is 0.358 e. The van der Waals surface area contributed by atoms with Crippen molar-refractivity contribution in [3.05, 3.63) is 303 Å². The van der Waals surface area contributed by atoms with Crippen molar-refractivity contribution in [2.24, 2.45) is 5.92 Å². The first-order chi connectivity index (χ1) is 70.3. The van der Waals surface area contributed by atoms with E-state index in [0.717, 1.165) is 0 Å². The Hall–Kier alpha value is -18.6. The highest BCUT2D eigenvalue weighted by molar-refractivity contribution is 5.73. The number of rotatable bonds is 15. The Morgan fingerprint density at radius 3 is 0.870 bits per heavy atom. The van der Waals surface area contributed by atoms with Gasteiger partial charge in [0.2, 0.25) is 0 Å². The maximum absolute atomic E-state index is 11.9. The molecular formula is C108H82O38. The molecule has 4 heterocycles. The molecule has 38 nitrogen and oxygen atoms in total. The van der Waals surface area contributed by atoms with Crippen LogP contribution in [0, 0.1) is 5.92 Å². The quantitative estimate of drug-likeness (QED) is 0.0424. The van der Waals surface area contributed by atoms with Crippen molar-refractivity contribution < 1.29 is 183 Å². The Kier molecular flexibility index (Phi) is 26.6. The molecule has 0 amide bonds. The van der Waals surface area contributed by atoms with Gasteiger partial charge in [-0.1, -0.05) is 26.0 Å². The first-order valence-electron chi connectivity index (χ1n) is 44.3. The zero-order valence-electron chi connectivity index (χ0n) is 76.5. The van der Waals surface area contributed by atoms with Crippen molar-refractivity contribution in [2.75, 3.05) is 6.79 Å². The van der Waals surface area contributed by atoms with Crippen molar-refractivity contribution in [3.63, 3.8) is 0 Å². The molecular weight excluding hydrogens is 1910 g/mol. The highest BCUT2D eigenvalue weighted by Crippen LogP contribution is 2.48. The highest BCUT2D eigenvalue weighted by Gasteiger charge is 2.28. The minimum Gasteiger partial charge on any atom is -0.508 e. The largest absolute Gasteiger partial charge is 0.508 e. The van der Waals surface area contributed by atoms with Crippen molar-refractivity contribution >= 4 is 67.0 Å². The van der Waals surface area contributed by atoms with E-state index in [1.807, 2.05) is 27.7 Å². The van der Waals surface area contributed by atoms with E-state index >= 15 is 0 Å². The fourth-order valence-corrected chi connectivity index (χ4v) is 14.8. The number of hydrogen-bond acceptors (Lipinski definition) is 38. The Balaban J connectivity index is 0.724. The zero-order chi connectivity index (χ0) is 101. The van der Waals surface area contributed by atoms with Crippen molar-refractivity contribution in [3.8, 4) is 195 Å². The van der Waals surface area contributed by atoms with Gasteiger partial charge in [-0.25, -0.2) is 0 Å². The Morgan fingerprint density at radius 2 is 0.500 bits per heavy atom. The van der Waals surface area contributed by atoms with Gasteiger partial charge in [0.25, 0.3) is 0 Å². The van der Waals surface area contributed by atoms with Crippen LogP contribution in [0.2, 0.25) is 0 Å². The summed E-state index contributed by atoms with van der Waals surface area (Å²) >= 11 is 0. The Bertz CT molecular complexity index is 8140. The van der Waals surface area contributed by atoms with Crippen LogP contribution < -0.4 is 85.3 Å². The molecule has 1 aromatic heterocycles. The summed E-state index contributed by atoms with van der Waals surface area (Å²) < 4.78 is 162. The first kappa shape index (κ1) is 94.9. The summed E-state index contributed by atoms with van der Waals surface area (Å²) in [5.74, 6) is -0.404. The fourth-order valence-electron chi connectivity index (χ4n) is 14.8. The van der Waals surface area contributed by atoms with Gasteiger partial charge in [0, 0.05) is 267 Å². The number of aromatic hydroxyl groups is 5. The number of ether oxygens (including phenoxy) is 20. The van der Waals surface area contributed by atoms with Crippen LogP contribution in [-0.4, -0.2) is 106 Å². The third-order valence-electron chi connectivity index (χ3n) is 21.3. The molecule has 0 saturated heterocycles. The average molecular weight is 1990 g/mol. The van der Waals surface area contributed by atoms with Gasteiger partial charge in [-0.15, -0.1) is 0 Å². The number of aliphatic hydroxyl groups is 7. The van der Waals surface area contributed by atoms with Crippen LogP contribution in [0.4, 0.5) is 0 Å². The summed E-state index contributed by atoms with van der Waals surface area (Å²) in [5.41, 5.74) is -1.45.